The maximum Gasteiger partial charge on any atom is 0.416 e. The number of piperazine rings is 1. The minimum Gasteiger partial charge on any atom is -0.452 e. The molecular weight excluding hydrogens is 423 g/mol. The second kappa shape index (κ2) is 8.83. The molecule has 3 rings (SSSR count). The van der Waals surface area contributed by atoms with Gasteiger partial charge in [-0.05, 0) is 36.4 Å². The Kier molecular flexibility index (Phi) is 6.40. The van der Waals surface area contributed by atoms with Gasteiger partial charge in [-0.25, -0.2) is 4.79 Å². The lowest BCUT2D eigenvalue weighted by atomic mass is 10.1. The van der Waals surface area contributed by atoms with E-state index in [0.717, 1.165) is 12.1 Å². The van der Waals surface area contributed by atoms with Gasteiger partial charge in [-0.2, -0.15) is 13.2 Å². The van der Waals surface area contributed by atoms with Gasteiger partial charge in [0.2, 0.25) is 0 Å². The summed E-state index contributed by atoms with van der Waals surface area (Å²) in [6, 6.07) is 9.42. The highest BCUT2D eigenvalue weighted by molar-refractivity contribution is 6.31. The first kappa shape index (κ1) is 21.8. The molecule has 1 aliphatic heterocycles. The molecule has 10 heteroatoms. The number of hydrogen-bond acceptors (Lipinski definition) is 5. The Balaban J connectivity index is 1.53. The van der Waals surface area contributed by atoms with Crippen LogP contribution in [0.2, 0.25) is 5.02 Å². The van der Waals surface area contributed by atoms with Gasteiger partial charge in [-0.15, -0.1) is 0 Å². The van der Waals surface area contributed by atoms with Crippen LogP contribution in [0.25, 0.3) is 0 Å². The van der Waals surface area contributed by atoms with E-state index in [-0.39, 0.29) is 11.3 Å². The largest absolute Gasteiger partial charge is 0.452 e. The van der Waals surface area contributed by atoms with E-state index in [1.54, 1.807) is 11.0 Å². The van der Waals surface area contributed by atoms with Crippen LogP contribution in [0, 0.1) is 0 Å². The fourth-order valence-electron chi connectivity index (χ4n) is 3.09. The molecule has 2 aromatic carbocycles. The van der Waals surface area contributed by atoms with Crippen molar-refractivity contribution in [2.45, 2.75) is 6.18 Å². The van der Waals surface area contributed by atoms with E-state index in [9.17, 15) is 22.8 Å². The molecule has 2 N–H and O–H groups in total. The maximum atomic E-state index is 12.9. The van der Waals surface area contributed by atoms with Crippen molar-refractivity contribution in [3.05, 3.63) is 58.6 Å². The average molecular weight is 442 g/mol. The number of carbonyl (C=O) groups is 2. The maximum absolute atomic E-state index is 12.9. The number of anilines is 2. The van der Waals surface area contributed by atoms with Crippen molar-refractivity contribution in [2.24, 2.45) is 0 Å². The zero-order valence-electron chi connectivity index (χ0n) is 15.8. The normalized spacial score (nSPS) is 14.5. The summed E-state index contributed by atoms with van der Waals surface area (Å²) >= 11 is 5.84. The van der Waals surface area contributed by atoms with Gasteiger partial charge in [0.15, 0.2) is 6.61 Å². The Morgan fingerprint density at radius 1 is 1.07 bits per heavy atom. The lowest BCUT2D eigenvalue weighted by Crippen LogP contribution is -2.50. The molecule has 0 bridgehead atoms. The molecule has 0 radical (unpaired) electrons. The molecule has 0 aromatic heterocycles. The molecule has 160 valence electrons. The van der Waals surface area contributed by atoms with Gasteiger partial charge >= 0.3 is 12.1 Å². The molecule has 1 heterocycles. The van der Waals surface area contributed by atoms with E-state index in [0.29, 0.717) is 36.9 Å². The van der Waals surface area contributed by atoms with Crippen molar-refractivity contribution in [3.63, 3.8) is 0 Å². The topological polar surface area (TPSA) is 75.9 Å². The van der Waals surface area contributed by atoms with Gasteiger partial charge in [0.25, 0.3) is 5.91 Å². The second-order valence-corrected chi connectivity index (χ2v) is 7.16. The third-order valence-corrected chi connectivity index (χ3v) is 4.97. The van der Waals surface area contributed by atoms with Crippen molar-refractivity contribution in [1.29, 1.82) is 0 Å². The highest BCUT2D eigenvalue weighted by Gasteiger charge is 2.31. The van der Waals surface area contributed by atoms with Gasteiger partial charge in [-0.1, -0.05) is 17.7 Å². The molecule has 1 amide bonds. The number of amides is 1. The van der Waals surface area contributed by atoms with Crippen LogP contribution in [0.4, 0.5) is 24.5 Å². The molecule has 1 fully saturated rings. The summed E-state index contributed by atoms with van der Waals surface area (Å²) < 4.78 is 43.7. The van der Waals surface area contributed by atoms with E-state index in [1.807, 2.05) is 0 Å². The molecule has 0 saturated carbocycles. The molecule has 0 spiro atoms. The van der Waals surface area contributed by atoms with Gasteiger partial charge < -0.3 is 20.3 Å². The van der Waals surface area contributed by atoms with Gasteiger partial charge in [-0.3, -0.25) is 4.79 Å². The lowest BCUT2D eigenvalue weighted by molar-refractivity contribution is -0.137. The van der Waals surface area contributed by atoms with Crippen molar-refractivity contribution >= 4 is 34.9 Å². The Morgan fingerprint density at radius 3 is 2.43 bits per heavy atom. The van der Waals surface area contributed by atoms with E-state index in [4.69, 9.17) is 22.1 Å². The molecule has 0 atom stereocenters. The molecule has 0 aliphatic carbocycles. The number of halogens is 4. The van der Waals surface area contributed by atoms with Crippen LogP contribution in [-0.4, -0.2) is 49.6 Å². The Bertz CT molecular complexity index is 944. The number of hydrogen-bond donors (Lipinski definition) is 1. The fourth-order valence-corrected chi connectivity index (χ4v) is 3.27. The lowest BCUT2D eigenvalue weighted by Gasteiger charge is -2.36. The monoisotopic (exact) mass is 441 g/mol. The number of ether oxygens (including phenoxy) is 1. The predicted molar refractivity (Wildman–Crippen MR) is 106 cm³/mol. The molecule has 0 unspecified atom stereocenters. The summed E-state index contributed by atoms with van der Waals surface area (Å²) in [5.74, 6) is -1.15. The molecule has 1 aliphatic rings. The van der Waals surface area contributed by atoms with E-state index >= 15 is 0 Å². The first-order valence-corrected chi connectivity index (χ1v) is 9.45. The molecule has 6 nitrogen and oxygen atoms in total. The van der Waals surface area contributed by atoms with Crippen LogP contribution in [-0.2, 0) is 15.7 Å². The number of esters is 1. The molecule has 30 heavy (non-hydrogen) atoms. The minimum atomic E-state index is -4.41. The smallest absolute Gasteiger partial charge is 0.416 e. The zero-order chi connectivity index (χ0) is 21.9. The van der Waals surface area contributed by atoms with Crippen LogP contribution >= 0.6 is 11.6 Å². The second-order valence-electron chi connectivity index (χ2n) is 6.72. The van der Waals surface area contributed by atoms with Gasteiger partial charge in [0.05, 0.1) is 11.1 Å². The summed E-state index contributed by atoms with van der Waals surface area (Å²) in [5.41, 5.74) is 5.70. The summed E-state index contributed by atoms with van der Waals surface area (Å²) in [6.07, 6.45) is -4.41. The third-order valence-electron chi connectivity index (χ3n) is 4.73. The van der Waals surface area contributed by atoms with Gasteiger partial charge in [0.1, 0.15) is 0 Å². The van der Waals surface area contributed by atoms with Crippen LogP contribution in [0.3, 0.4) is 0 Å². The minimum absolute atomic E-state index is 0.0738. The number of rotatable bonds is 4. The van der Waals surface area contributed by atoms with Crippen LogP contribution in [0.1, 0.15) is 15.9 Å². The number of nitrogens with zero attached hydrogens (tertiary/aromatic N) is 2. The summed E-state index contributed by atoms with van der Waals surface area (Å²) in [6.45, 7) is 0.858. The number of nitrogen functional groups attached to an aromatic ring is 1. The van der Waals surface area contributed by atoms with E-state index < -0.39 is 30.2 Å². The number of carbonyl (C=O) groups excluding carboxylic acids is 2. The summed E-state index contributed by atoms with van der Waals surface area (Å²) in [7, 11) is 0. The van der Waals surface area contributed by atoms with E-state index in [1.165, 1.54) is 29.2 Å². The van der Waals surface area contributed by atoms with Crippen molar-refractivity contribution in [3.8, 4) is 0 Å². The van der Waals surface area contributed by atoms with Crippen LogP contribution < -0.4 is 10.6 Å². The number of nitrogens with two attached hydrogens (primary N) is 1. The van der Waals surface area contributed by atoms with Crippen LogP contribution in [0.15, 0.2) is 42.5 Å². The molecule has 1 saturated heterocycles. The predicted octanol–water partition coefficient (Wildman–Crippen LogP) is 3.45. The zero-order valence-corrected chi connectivity index (χ0v) is 16.5. The SMILES string of the molecule is Nc1ccc(Cl)cc1C(=O)OCC(=O)N1CCN(c2cccc(C(F)(F)F)c2)CC1. The first-order chi connectivity index (χ1) is 14.1. The highest BCUT2D eigenvalue weighted by Crippen LogP contribution is 2.31. The van der Waals surface area contributed by atoms with Crippen molar-refractivity contribution < 1.29 is 27.5 Å². The first-order valence-electron chi connectivity index (χ1n) is 9.07. The Hall–Kier alpha value is -2.94. The number of alkyl halides is 3. The Labute approximate surface area is 175 Å². The van der Waals surface area contributed by atoms with Crippen molar-refractivity contribution in [1.82, 2.24) is 4.90 Å². The fraction of sp³-hybridized carbons (Fsp3) is 0.300. The summed E-state index contributed by atoms with van der Waals surface area (Å²) in [5, 5.41) is 0.313. The molecular formula is C20H19ClF3N3O3. The number of benzene rings is 2. The summed E-state index contributed by atoms with van der Waals surface area (Å²) in [4.78, 5) is 27.7. The molecule has 2 aromatic rings. The quantitative estimate of drug-likeness (QED) is 0.581. The average Bonchev–Trinajstić information content (AvgIpc) is 2.73. The Morgan fingerprint density at radius 2 is 1.77 bits per heavy atom. The third kappa shape index (κ3) is 5.15. The highest BCUT2D eigenvalue weighted by atomic mass is 35.5. The standard InChI is InChI=1S/C20H19ClF3N3O3/c21-14-4-5-17(25)16(11-14)19(29)30-12-18(28)27-8-6-26(7-9-27)15-3-1-2-13(10-15)20(22,23)24/h1-5,10-11H,6-9,12,25H2. The van der Waals surface area contributed by atoms with Crippen molar-refractivity contribution in [2.75, 3.05) is 43.4 Å². The van der Waals surface area contributed by atoms with E-state index in [2.05, 4.69) is 0 Å². The van der Waals surface area contributed by atoms with Crippen LogP contribution in [0.5, 0.6) is 0 Å². The van der Waals surface area contributed by atoms with Gasteiger partial charge in [0, 0.05) is 42.6 Å².